The lowest BCUT2D eigenvalue weighted by molar-refractivity contribution is -0.271. The molecule has 0 aliphatic carbocycles. The van der Waals surface area contributed by atoms with E-state index in [1.165, 1.54) is 35.4 Å². The molecule has 11 N–H and O–H groups in total. The molecule has 2 fully saturated rings. The Morgan fingerprint density at radius 2 is 1.46 bits per heavy atom. The zero-order valence-electron chi connectivity index (χ0n) is 53.4. The molecule has 5 atom stereocenters. The van der Waals surface area contributed by atoms with Gasteiger partial charge in [0.2, 0.25) is 35.9 Å². The van der Waals surface area contributed by atoms with Crippen LogP contribution in [-0.4, -0.2) is 196 Å². The van der Waals surface area contributed by atoms with E-state index in [2.05, 4.69) is 36.1 Å². The molecule has 512 valence electrons. The second-order valence-corrected chi connectivity index (χ2v) is 23.4. The summed E-state index contributed by atoms with van der Waals surface area (Å²) in [6.45, 7) is 8.71. The largest absolute Gasteiger partial charge is 0.491 e. The SMILES string of the molecule is CCn1nc(C)cc1C(=O)Nc1nc2cc(C(N)=O)cnc2n1C/C=C/Cn1c2nc(-c3cc(C)nn3CC)ncc2c2cc(C(N)=O)cc(OCCC3CN(C(=O)OCc4ccc(O[C@@H]5O[C@H](C(=O)O)[C@@H](O)[C@H](O)[C@H]5O)c(NC(=O)CCNC(=O)CCN5C(=O)C=CC5=O)c4)C3)c21. The Bertz CT molecular complexity index is 4550. The molecule has 6 aromatic heterocycles. The smallest absolute Gasteiger partial charge is 0.410 e. The predicted molar refractivity (Wildman–Crippen MR) is 344 cm³/mol. The fourth-order valence-electron chi connectivity index (χ4n) is 11.5. The van der Waals surface area contributed by atoms with Crippen LogP contribution in [0.1, 0.15) is 81.3 Å². The number of nitrogens with two attached hydrogens (primary N) is 2. The summed E-state index contributed by atoms with van der Waals surface area (Å²) in [4.78, 5) is 135. The average molecular weight is 1350 g/mol. The number of carboxylic acids is 1. The van der Waals surface area contributed by atoms with Gasteiger partial charge in [-0.15, -0.1) is 0 Å². The summed E-state index contributed by atoms with van der Waals surface area (Å²) in [5, 5.41) is 59.2. The fraction of sp³-hybridized carbons (Fsp3) is 0.359. The highest BCUT2D eigenvalue weighted by Gasteiger charge is 2.48. The third-order valence-corrected chi connectivity index (χ3v) is 16.5. The van der Waals surface area contributed by atoms with E-state index in [-0.39, 0.29) is 99.8 Å². The number of aromatic nitrogens is 10. The van der Waals surface area contributed by atoms with E-state index in [0.717, 1.165) is 22.7 Å². The van der Waals surface area contributed by atoms with Gasteiger partial charge in [0.25, 0.3) is 17.7 Å². The molecule has 2 saturated heterocycles. The molecule has 2 aromatic carbocycles. The summed E-state index contributed by atoms with van der Waals surface area (Å²) in [6, 6.07) is 12.4. The zero-order valence-corrected chi connectivity index (χ0v) is 53.4. The van der Waals surface area contributed by atoms with Gasteiger partial charge in [-0.25, -0.2) is 29.5 Å². The van der Waals surface area contributed by atoms with Gasteiger partial charge in [-0.1, -0.05) is 18.2 Å². The second-order valence-electron chi connectivity index (χ2n) is 23.4. The molecule has 8 amide bonds. The van der Waals surface area contributed by atoms with E-state index in [0.29, 0.717) is 86.8 Å². The monoisotopic (exact) mass is 1350 g/mol. The number of aliphatic hydroxyl groups is 3. The van der Waals surface area contributed by atoms with Gasteiger partial charge in [-0.2, -0.15) is 10.2 Å². The van der Waals surface area contributed by atoms with E-state index in [4.69, 9.17) is 40.4 Å². The third kappa shape index (κ3) is 14.5. The quantitative estimate of drug-likeness (QED) is 0.0262. The molecular formula is C64H69N17O17. The Labute approximate surface area is 555 Å². The van der Waals surface area contributed by atoms with Crippen LogP contribution in [0.4, 0.5) is 16.4 Å². The molecule has 9 heterocycles. The minimum atomic E-state index is -2.02. The number of rotatable bonds is 27. The Morgan fingerprint density at radius 1 is 0.745 bits per heavy atom. The fourth-order valence-corrected chi connectivity index (χ4v) is 11.5. The van der Waals surface area contributed by atoms with E-state index in [9.17, 15) is 63.6 Å². The van der Waals surface area contributed by atoms with Gasteiger partial charge in [0.15, 0.2) is 17.6 Å². The summed E-state index contributed by atoms with van der Waals surface area (Å²) in [6.07, 6.45) is -1.74. The number of hydrogen-bond acceptors (Lipinski definition) is 22. The first-order valence-electron chi connectivity index (χ1n) is 31.2. The minimum absolute atomic E-state index is 0.0632. The number of aliphatic hydroxyl groups excluding tert-OH is 3. The van der Waals surface area contributed by atoms with Crippen LogP contribution in [0.2, 0.25) is 0 Å². The van der Waals surface area contributed by atoms with Crippen LogP contribution in [-0.2, 0) is 66.2 Å². The van der Waals surface area contributed by atoms with Crippen molar-refractivity contribution in [1.29, 1.82) is 0 Å². The first kappa shape index (κ1) is 67.9. The number of carboxylic acid groups (broad SMARTS) is 1. The number of ether oxygens (including phenoxy) is 4. The van der Waals surface area contributed by atoms with Crippen molar-refractivity contribution >= 4 is 98.1 Å². The number of imide groups is 1. The van der Waals surface area contributed by atoms with Gasteiger partial charge >= 0.3 is 12.1 Å². The summed E-state index contributed by atoms with van der Waals surface area (Å²) < 4.78 is 30.3. The van der Waals surface area contributed by atoms with Crippen molar-refractivity contribution in [2.24, 2.45) is 17.4 Å². The highest BCUT2D eigenvalue weighted by molar-refractivity contribution is 6.13. The molecular weight excluding hydrogens is 1280 g/mol. The van der Waals surface area contributed by atoms with Crippen molar-refractivity contribution in [3.63, 3.8) is 0 Å². The Kier molecular flexibility index (Phi) is 20.0. The number of primary amides is 2. The Balaban J connectivity index is 0.780. The lowest BCUT2D eigenvalue weighted by atomic mass is 9.97. The minimum Gasteiger partial charge on any atom is -0.491 e. The lowest BCUT2D eigenvalue weighted by Gasteiger charge is -2.38. The Morgan fingerprint density at radius 3 is 2.17 bits per heavy atom. The van der Waals surface area contributed by atoms with Gasteiger partial charge < -0.3 is 70.9 Å². The zero-order chi connectivity index (χ0) is 69.8. The third-order valence-electron chi connectivity index (χ3n) is 16.5. The molecule has 34 heteroatoms. The lowest BCUT2D eigenvalue weighted by Crippen LogP contribution is -2.61. The van der Waals surface area contributed by atoms with Crippen LogP contribution in [0, 0.1) is 19.8 Å². The number of aryl methyl sites for hydroxylation is 4. The summed E-state index contributed by atoms with van der Waals surface area (Å²) in [5.74, 6) is -5.33. The van der Waals surface area contributed by atoms with Crippen LogP contribution in [0.15, 0.2) is 85.2 Å². The number of allylic oxidation sites excluding steroid dienone is 2. The first-order valence-corrected chi connectivity index (χ1v) is 31.2. The number of imidazole rings is 1. The first-order chi connectivity index (χ1) is 47.0. The number of aliphatic carboxylic acids is 1. The molecule has 11 rings (SSSR count). The molecule has 0 unspecified atom stereocenters. The molecule has 8 aromatic rings. The van der Waals surface area contributed by atoms with Crippen molar-refractivity contribution in [1.82, 2.24) is 63.7 Å². The summed E-state index contributed by atoms with van der Waals surface area (Å²) >= 11 is 0. The second kappa shape index (κ2) is 28.8. The van der Waals surface area contributed by atoms with Crippen molar-refractivity contribution in [3.8, 4) is 23.0 Å². The van der Waals surface area contributed by atoms with Crippen molar-refractivity contribution < 1.29 is 82.5 Å². The highest BCUT2D eigenvalue weighted by Crippen LogP contribution is 2.38. The van der Waals surface area contributed by atoms with Crippen LogP contribution in [0.25, 0.3) is 44.6 Å². The summed E-state index contributed by atoms with van der Waals surface area (Å²) in [7, 11) is 0. The molecule has 3 aliphatic rings. The predicted octanol–water partition coefficient (Wildman–Crippen LogP) is 1.82. The Hall–Kier alpha value is -11.5. The number of pyridine rings is 1. The number of benzene rings is 2. The van der Waals surface area contributed by atoms with Crippen LogP contribution in [0.5, 0.6) is 11.5 Å². The molecule has 34 nitrogen and oxygen atoms in total. The van der Waals surface area contributed by atoms with E-state index < -0.39 is 84.1 Å². The van der Waals surface area contributed by atoms with Gasteiger partial charge in [-0.05, 0) is 88.1 Å². The standard InChI is InChI=1S/C64H69N17O17/c1-5-80-42(21-32(3)74-80)57-68-28-39-38-24-36(55(65)89)26-45(50(38)78(58(39)72-57)17-7-8-18-79-59-41(25-37(27-69-59)56(66)90)71-63(79)73-60(91)43-22-33(4)75-81(43)6-2)95-20-15-35-29-76(30-35)64(94)96-31-34-9-10-44(97-62-53(88)51(86)52(87)54(98-62)61(92)93)40(23-34)70-47(83)13-16-67-46(82)14-19-77-48(84)11-12-49(77)85/h7-12,21-28,35,51-54,62,86-88H,5-6,13-20,29-31H2,1-4H3,(H2,65,89)(H2,66,90)(H,67,82)(H,70,83)(H,92,93)(H,71,73,91)/b8-7+/t51-,52-,53+,54-,62+/m0/s1. The normalized spacial score (nSPS) is 17.8. The number of hydrogen-bond donors (Lipinski definition) is 9. The maximum atomic E-state index is 13.8. The number of nitrogens with zero attached hydrogens (tertiary/aromatic N) is 12. The van der Waals surface area contributed by atoms with Crippen molar-refractivity contribution in [2.75, 3.05) is 43.4 Å². The van der Waals surface area contributed by atoms with Crippen molar-refractivity contribution in [2.45, 2.75) is 110 Å². The van der Waals surface area contributed by atoms with Gasteiger partial charge in [0.05, 0.1) is 34.8 Å². The van der Waals surface area contributed by atoms with Crippen molar-refractivity contribution in [3.05, 3.63) is 119 Å². The number of carbonyl (C=O) groups excluding carboxylic acids is 8. The number of carbonyl (C=O) groups is 9. The van der Waals surface area contributed by atoms with Gasteiger partial charge in [0, 0.05) is 106 Å². The maximum Gasteiger partial charge on any atom is 0.410 e. The molecule has 0 bridgehead atoms. The van der Waals surface area contributed by atoms with E-state index >= 15 is 0 Å². The number of amides is 8. The molecule has 98 heavy (non-hydrogen) atoms. The molecule has 3 aliphatic heterocycles. The van der Waals surface area contributed by atoms with E-state index in [1.54, 1.807) is 45.3 Å². The average Bonchev–Trinajstić information content (AvgIpc) is 1.91. The van der Waals surface area contributed by atoms with Crippen LogP contribution < -0.4 is 36.9 Å². The number of anilines is 2. The number of fused-ring (bicyclic) bond motifs is 4. The summed E-state index contributed by atoms with van der Waals surface area (Å²) in [5.41, 5.74) is 16.2. The number of nitrogens with one attached hydrogen (secondary N) is 3. The van der Waals surface area contributed by atoms with E-state index in [1.807, 2.05) is 43.6 Å². The molecule has 0 radical (unpaired) electrons. The number of likely N-dealkylation sites (tertiary alicyclic amines) is 1. The molecule has 0 saturated carbocycles. The topological polar surface area (TPSA) is 463 Å². The molecule has 0 spiro atoms. The van der Waals surface area contributed by atoms with Gasteiger partial charge in [-0.3, -0.25) is 57.7 Å². The van der Waals surface area contributed by atoms with Crippen LogP contribution in [0.3, 0.4) is 0 Å². The van der Waals surface area contributed by atoms with Crippen LogP contribution >= 0.6 is 0 Å². The maximum absolute atomic E-state index is 13.8. The highest BCUT2D eigenvalue weighted by atomic mass is 16.7. The van der Waals surface area contributed by atoms with Gasteiger partial charge in [0.1, 0.15) is 59.0 Å².